The summed E-state index contributed by atoms with van der Waals surface area (Å²) in [5, 5.41) is 7.98. The Morgan fingerprint density at radius 1 is 0.875 bits per heavy atom. The molecule has 2 amide bonds. The zero-order valence-corrected chi connectivity index (χ0v) is 27.4. The molecule has 2 saturated heterocycles. The molecule has 0 aromatic heterocycles. The summed E-state index contributed by atoms with van der Waals surface area (Å²) in [5.41, 5.74) is -0.0415. The highest BCUT2D eigenvalue weighted by Gasteiger charge is 2.55. The van der Waals surface area contributed by atoms with Gasteiger partial charge in [0.25, 0.3) is 5.91 Å². The molecule has 7 nitrogen and oxygen atoms in total. The van der Waals surface area contributed by atoms with Crippen LogP contribution in [0.25, 0.3) is 0 Å². The van der Waals surface area contributed by atoms with E-state index in [1.807, 2.05) is 54.6 Å². The third-order valence-corrected chi connectivity index (χ3v) is 9.20. The maximum absolute atomic E-state index is 14.9. The number of ether oxygens (including phenoxy) is 1. The molecule has 4 aromatic rings. The third-order valence-electron chi connectivity index (χ3n) is 8.69. The molecular weight excluding hydrogens is 664 g/mol. The van der Waals surface area contributed by atoms with E-state index in [-0.39, 0.29) is 43.5 Å². The fourth-order valence-electron chi connectivity index (χ4n) is 6.33. The van der Waals surface area contributed by atoms with E-state index in [2.05, 4.69) is 10.6 Å². The normalized spacial score (nSPS) is 21.4. The lowest BCUT2D eigenvalue weighted by Crippen LogP contribution is -2.63. The van der Waals surface area contributed by atoms with Crippen molar-refractivity contribution in [3.63, 3.8) is 0 Å². The Morgan fingerprint density at radius 3 is 1.98 bits per heavy atom. The number of nitrogens with one attached hydrogen (secondary N) is 2. The van der Waals surface area contributed by atoms with Crippen LogP contribution in [-0.4, -0.2) is 47.9 Å². The van der Waals surface area contributed by atoms with E-state index < -0.39 is 35.4 Å². The molecule has 0 aliphatic carbocycles. The van der Waals surface area contributed by atoms with E-state index in [1.165, 1.54) is 11.0 Å². The smallest absolute Gasteiger partial charge is 0.416 e. The van der Waals surface area contributed by atoms with Gasteiger partial charge < -0.3 is 14.5 Å². The highest BCUT2D eigenvalue weighted by atomic mass is 35.5. The zero-order chi connectivity index (χ0) is 34.1. The van der Waals surface area contributed by atoms with Crippen LogP contribution < -0.4 is 15.4 Å². The van der Waals surface area contributed by atoms with Crippen LogP contribution in [0.1, 0.15) is 46.8 Å². The average Bonchev–Trinajstić information content (AvgIpc) is 3.48. The van der Waals surface area contributed by atoms with E-state index in [1.54, 1.807) is 36.1 Å². The standard InChI is InChI=1S/C36H33Cl2F3N4O3/c1-2-48-30-20-26(36(39,40)41)12-17-29(30)35(34(47)45-19-18-44(31(46)22-45)21-23-6-4-3-5-7-23)42-32(24-8-13-27(37)14-9-24)33(43-35)25-10-15-28(38)16-11-25/h3-17,20,32-33,42-43H,2,18-19,21-22H2,1H3. The largest absolute Gasteiger partial charge is 0.493 e. The van der Waals surface area contributed by atoms with Crippen molar-refractivity contribution in [1.82, 2.24) is 20.4 Å². The van der Waals surface area contributed by atoms with Gasteiger partial charge in [0.1, 0.15) is 5.75 Å². The zero-order valence-electron chi connectivity index (χ0n) is 25.9. The number of amides is 2. The molecular formula is C36H33Cl2F3N4O3. The number of benzene rings is 4. The molecule has 2 N–H and O–H groups in total. The van der Waals surface area contributed by atoms with Gasteiger partial charge in [0.2, 0.25) is 5.91 Å². The summed E-state index contributed by atoms with van der Waals surface area (Å²) >= 11 is 12.4. The first kappa shape index (κ1) is 33.8. The molecule has 2 heterocycles. The number of rotatable bonds is 8. The van der Waals surface area contributed by atoms with Gasteiger partial charge in [-0.1, -0.05) is 83.9 Å². The Balaban J connectivity index is 1.44. The van der Waals surface area contributed by atoms with Crippen molar-refractivity contribution in [2.24, 2.45) is 0 Å². The molecule has 0 spiro atoms. The Hall–Kier alpha value is -4.09. The molecule has 2 fully saturated rings. The number of carbonyl (C=O) groups excluding carboxylic acids is 2. The Bertz CT molecular complexity index is 1720. The van der Waals surface area contributed by atoms with Crippen LogP contribution >= 0.6 is 23.2 Å². The van der Waals surface area contributed by atoms with Gasteiger partial charge in [0.05, 0.1) is 30.8 Å². The SMILES string of the molecule is CCOc1cc(C(F)(F)F)ccc1C1(C(=O)N2CCN(Cc3ccccc3)C(=O)C2)NC(c2ccc(Cl)cc2)C(c2ccc(Cl)cc2)N1. The summed E-state index contributed by atoms with van der Waals surface area (Å²) in [5.74, 6) is -0.875. The molecule has 2 aliphatic rings. The molecule has 6 rings (SSSR count). The summed E-state index contributed by atoms with van der Waals surface area (Å²) in [6, 6.07) is 25.8. The second kappa shape index (κ2) is 13.8. The number of piperazine rings is 1. The highest BCUT2D eigenvalue weighted by molar-refractivity contribution is 6.30. The first-order valence-electron chi connectivity index (χ1n) is 15.5. The lowest BCUT2D eigenvalue weighted by Gasteiger charge is -2.40. The summed E-state index contributed by atoms with van der Waals surface area (Å²) in [4.78, 5) is 31.5. The molecule has 2 unspecified atom stereocenters. The molecule has 2 aliphatic heterocycles. The number of alkyl halides is 3. The quantitative estimate of drug-likeness (QED) is 0.206. The number of carbonyl (C=O) groups is 2. The fourth-order valence-corrected chi connectivity index (χ4v) is 6.59. The van der Waals surface area contributed by atoms with Crippen LogP contribution in [0.2, 0.25) is 10.0 Å². The minimum Gasteiger partial charge on any atom is -0.493 e. The Labute approximate surface area is 286 Å². The monoisotopic (exact) mass is 696 g/mol. The van der Waals surface area contributed by atoms with Crippen LogP contribution in [-0.2, 0) is 28.0 Å². The molecule has 0 saturated carbocycles. The number of hydrogen-bond donors (Lipinski definition) is 2. The second-order valence-corrected chi connectivity index (χ2v) is 12.6. The van der Waals surface area contributed by atoms with Gasteiger partial charge in [-0.25, -0.2) is 0 Å². The van der Waals surface area contributed by atoms with Crippen molar-refractivity contribution in [2.75, 3.05) is 26.2 Å². The third kappa shape index (κ3) is 6.89. The molecule has 250 valence electrons. The van der Waals surface area contributed by atoms with E-state index in [0.717, 1.165) is 28.8 Å². The predicted octanol–water partition coefficient (Wildman–Crippen LogP) is 7.11. The number of hydrogen-bond acceptors (Lipinski definition) is 5. The maximum atomic E-state index is 14.9. The van der Waals surface area contributed by atoms with Gasteiger partial charge in [0.15, 0.2) is 5.66 Å². The Kier molecular flexibility index (Phi) is 9.71. The number of halogens is 5. The summed E-state index contributed by atoms with van der Waals surface area (Å²) < 4.78 is 47.5. The van der Waals surface area contributed by atoms with Crippen LogP contribution in [0.15, 0.2) is 97.1 Å². The van der Waals surface area contributed by atoms with Gasteiger partial charge >= 0.3 is 6.18 Å². The van der Waals surface area contributed by atoms with Crippen LogP contribution in [0.3, 0.4) is 0 Å². The van der Waals surface area contributed by atoms with Gasteiger partial charge in [-0.05, 0) is 60.0 Å². The van der Waals surface area contributed by atoms with Crippen molar-refractivity contribution < 1.29 is 27.5 Å². The van der Waals surface area contributed by atoms with Crippen molar-refractivity contribution in [3.8, 4) is 5.75 Å². The minimum atomic E-state index is -4.64. The minimum absolute atomic E-state index is 0.0520. The molecule has 0 bridgehead atoms. The molecule has 12 heteroatoms. The van der Waals surface area contributed by atoms with Gasteiger partial charge in [-0.3, -0.25) is 20.2 Å². The van der Waals surface area contributed by atoms with Gasteiger partial charge in [-0.2, -0.15) is 13.2 Å². The van der Waals surface area contributed by atoms with E-state index in [4.69, 9.17) is 27.9 Å². The Morgan fingerprint density at radius 2 is 1.46 bits per heavy atom. The van der Waals surface area contributed by atoms with Gasteiger partial charge in [0, 0.05) is 35.2 Å². The predicted molar refractivity (Wildman–Crippen MR) is 177 cm³/mol. The first-order chi connectivity index (χ1) is 23.0. The van der Waals surface area contributed by atoms with E-state index in [9.17, 15) is 22.8 Å². The van der Waals surface area contributed by atoms with Crippen LogP contribution in [0.5, 0.6) is 5.75 Å². The van der Waals surface area contributed by atoms with E-state index in [0.29, 0.717) is 16.6 Å². The summed E-state index contributed by atoms with van der Waals surface area (Å²) in [7, 11) is 0. The summed E-state index contributed by atoms with van der Waals surface area (Å²) in [6.07, 6.45) is -4.64. The topological polar surface area (TPSA) is 73.9 Å². The highest BCUT2D eigenvalue weighted by Crippen LogP contribution is 2.46. The maximum Gasteiger partial charge on any atom is 0.416 e. The first-order valence-corrected chi connectivity index (χ1v) is 16.3. The van der Waals surface area contributed by atoms with Crippen molar-refractivity contribution in [3.05, 3.63) is 135 Å². The van der Waals surface area contributed by atoms with E-state index >= 15 is 0 Å². The molecule has 2 atom stereocenters. The second-order valence-electron chi connectivity index (χ2n) is 11.8. The molecule has 48 heavy (non-hydrogen) atoms. The fraction of sp³-hybridized carbons (Fsp3) is 0.278. The van der Waals surface area contributed by atoms with Gasteiger partial charge in [-0.15, -0.1) is 0 Å². The van der Waals surface area contributed by atoms with Crippen molar-refractivity contribution in [2.45, 2.75) is 37.4 Å². The molecule has 4 aromatic carbocycles. The summed E-state index contributed by atoms with van der Waals surface area (Å²) in [6.45, 7) is 2.39. The van der Waals surface area contributed by atoms with Crippen LogP contribution in [0.4, 0.5) is 13.2 Å². The van der Waals surface area contributed by atoms with Crippen LogP contribution in [0, 0.1) is 0 Å². The van der Waals surface area contributed by atoms with Crippen molar-refractivity contribution >= 4 is 35.0 Å². The average molecular weight is 698 g/mol. The lowest BCUT2D eigenvalue weighted by atomic mass is 9.94. The number of nitrogens with zero attached hydrogens (tertiary/aromatic N) is 2. The van der Waals surface area contributed by atoms with Crippen molar-refractivity contribution in [1.29, 1.82) is 0 Å². The molecule has 0 radical (unpaired) electrons. The lowest BCUT2D eigenvalue weighted by molar-refractivity contribution is -0.150.